The molecule has 3 heterocycles. The van der Waals surface area contributed by atoms with E-state index in [4.69, 9.17) is 4.74 Å². The molecule has 0 radical (unpaired) electrons. The fourth-order valence-electron chi connectivity index (χ4n) is 1.54. The predicted molar refractivity (Wildman–Crippen MR) is 66.1 cm³/mol. The lowest BCUT2D eigenvalue weighted by Gasteiger charge is -2.04. The highest BCUT2D eigenvalue weighted by Gasteiger charge is 2.02. The van der Waals surface area contributed by atoms with E-state index in [0.717, 1.165) is 11.4 Å². The summed E-state index contributed by atoms with van der Waals surface area (Å²) in [6.45, 7) is 0. The summed E-state index contributed by atoms with van der Waals surface area (Å²) in [5.41, 5.74) is 1.70. The molecule has 0 atom stereocenters. The van der Waals surface area contributed by atoms with Crippen molar-refractivity contribution in [2.24, 2.45) is 0 Å². The first-order valence-electron chi connectivity index (χ1n) is 5.45. The average Bonchev–Trinajstić information content (AvgIpc) is 2.95. The van der Waals surface area contributed by atoms with Gasteiger partial charge in [-0.2, -0.15) is 5.10 Å². The Balaban J connectivity index is 1.80. The zero-order valence-corrected chi connectivity index (χ0v) is 9.45. The molecule has 1 N–H and O–H groups in total. The summed E-state index contributed by atoms with van der Waals surface area (Å²) >= 11 is 0. The topological polar surface area (TPSA) is 63.7 Å². The Kier molecular flexibility index (Phi) is 2.71. The van der Waals surface area contributed by atoms with Crippen LogP contribution in [0, 0.1) is 0 Å². The summed E-state index contributed by atoms with van der Waals surface area (Å²) in [5.74, 6) is 1.36. The van der Waals surface area contributed by atoms with E-state index in [9.17, 15) is 0 Å². The molecule has 0 spiro atoms. The van der Waals surface area contributed by atoms with E-state index in [-0.39, 0.29) is 0 Å². The molecule has 3 aromatic rings. The van der Waals surface area contributed by atoms with Gasteiger partial charge in [0.25, 0.3) is 0 Å². The molecule has 88 valence electrons. The van der Waals surface area contributed by atoms with E-state index < -0.39 is 0 Å². The van der Waals surface area contributed by atoms with E-state index in [1.54, 1.807) is 24.8 Å². The first-order valence-corrected chi connectivity index (χ1v) is 5.45. The Morgan fingerprint density at radius 2 is 1.89 bits per heavy atom. The highest BCUT2D eigenvalue weighted by Crippen LogP contribution is 2.21. The molecule has 0 saturated carbocycles. The molecule has 5 nitrogen and oxygen atoms in total. The zero-order chi connectivity index (χ0) is 12.2. The predicted octanol–water partition coefficient (Wildman–Crippen LogP) is 2.66. The molecule has 5 heteroatoms. The number of pyridine rings is 2. The second kappa shape index (κ2) is 4.67. The summed E-state index contributed by atoms with van der Waals surface area (Å²) in [6, 6.07) is 9.26. The van der Waals surface area contributed by atoms with Gasteiger partial charge in [-0.1, -0.05) is 0 Å². The van der Waals surface area contributed by atoms with Crippen LogP contribution in [0.2, 0.25) is 0 Å². The number of rotatable bonds is 3. The van der Waals surface area contributed by atoms with Crippen LogP contribution in [0.3, 0.4) is 0 Å². The summed E-state index contributed by atoms with van der Waals surface area (Å²) in [7, 11) is 0. The first-order chi connectivity index (χ1) is 8.92. The van der Waals surface area contributed by atoms with Crippen LogP contribution in [0.25, 0.3) is 11.4 Å². The van der Waals surface area contributed by atoms with E-state index in [0.29, 0.717) is 11.5 Å². The van der Waals surface area contributed by atoms with E-state index in [1.165, 1.54) is 0 Å². The van der Waals surface area contributed by atoms with Crippen molar-refractivity contribution in [3.63, 3.8) is 0 Å². The maximum absolute atomic E-state index is 5.60. The molecule has 0 aliphatic carbocycles. The van der Waals surface area contributed by atoms with Gasteiger partial charge < -0.3 is 4.74 Å². The van der Waals surface area contributed by atoms with Crippen molar-refractivity contribution < 1.29 is 4.74 Å². The average molecular weight is 238 g/mol. The second-order valence-corrected chi connectivity index (χ2v) is 3.64. The van der Waals surface area contributed by atoms with E-state index in [1.807, 2.05) is 30.3 Å². The smallest absolute Gasteiger partial charge is 0.145 e. The van der Waals surface area contributed by atoms with Gasteiger partial charge in [-0.15, -0.1) is 0 Å². The largest absolute Gasteiger partial charge is 0.454 e. The van der Waals surface area contributed by atoms with Gasteiger partial charge in [-0.05, 0) is 30.3 Å². The van der Waals surface area contributed by atoms with E-state index in [2.05, 4.69) is 20.2 Å². The van der Waals surface area contributed by atoms with Gasteiger partial charge in [0.2, 0.25) is 0 Å². The minimum absolute atomic E-state index is 0.672. The van der Waals surface area contributed by atoms with Gasteiger partial charge in [0, 0.05) is 12.4 Å². The summed E-state index contributed by atoms with van der Waals surface area (Å²) in [6.07, 6.45) is 6.72. The fraction of sp³-hybridized carbons (Fsp3) is 0. The van der Waals surface area contributed by atoms with Crippen molar-refractivity contribution in [3.8, 4) is 22.9 Å². The van der Waals surface area contributed by atoms with Crippen molar-refractivity contribution >= 4 is 0 Å². The van der Waals surface area contributed by atoms with E-state index >= 15 is 0 Å². The maximum Gasteiger partial charge on any atom is 0.145 e. The highest BCUT2D eigenvalue weighted by atomic mass is 16.5. The molecule has 0 aliphatic rings. The Labute approximate surface area is 103 Å². The third kappa shape index (κ3) is 2.20. The van der Waals surface area contributed by atoms with Crippen molar-refractivity contribution in [1.29, 1.82) is 0 Å². The molecule has 0 aliphatic heterocycles. The van der Waals surface area contributed by atoms with Crippen LogP contribution in [-0.4, -0.2) is 20.2 Å². The number of ether oxygens (including phenoxy) is 1. The van der Waals surface area contributed by atoms with Crippen molar-refractivity contribution in [2.75, 3.05) is 0 Å². The molecule has 0 amide bonds. The monoisotopic (exact) mass is 238 g/mol. The molecular weight excluding hydrogens is 228 g/mol. The van der Waals surface area contributed by atoms with Crippen molar-refractivity contribution in [2.45, 2.75) is 0 Å². The number of hydrogen-bond donors (Lipinski definition) is 1. The van der Waals surface area contributed by atoms with Gasteiger partial charge in [0.15, 0.2) is 0 Å². The van der Waals surface area contributed by atoms with Crippen LogP contribution in [0.5, 0.6) is 11.5 Å². The second-order valence-electron chi connectivity index (χ2n) is 3.64. The van der Waals surface area contributed by atoms with Gasteiger partial charge in [0.1, 0.15) is 11.5 Å². The Hall–Kier alpha value is -2.69. The lowest BCUT2D eigenvalue weighted by Crippen LogP contribution is -1.88. The van der Waals surface area contributed by atoms with Crippen molar-refractivity contribution in [3.05, 3.63) is 55.1 Å². The molecule has 3 aromatic heterocycles. The molecule has 18 heavy (non-hydrogen) atoms. The van der Waals surface area contributed by atoms with Crippen LogP contribution in [-0.2, 0) is 0 Å². The fourth-order valence-corrected chi connectivity index (χ4v) is 1.54. The van der Waals surface area contributed by atoms with Crippen LogP contribution in [0.15, 0.2) is 55.1 Å². The van der Waals surface area contributed by atoms with Gasteiger partial charge >= 0.3 is 0 Å². The summed E-state index contributed by atoms with van der Waals surface area (Å²) in [4.78, 5) is 8.28. The number of nitrogens with zero attached hydrogens (tertiary/aromatic N) is 3. The molecule has 0 bridgehead atoms. The highest BCUT2D eigenvalue weighted by molar-refractivity contribution is 5.53. The Morgan fingerprint density at radius 3 is 2.56 bits per heavy atom. The number of H-pyrrole nitrogens is 1. The molecule has 0 saturated heterocycles. The Bertz CT molecular complexity index is 605. The number of aromatic nitrogens is 4. The molecule has 0 unspecified atom stereocenters. The lowest BCUT2D eigenvalue weighted by molar-refractivity contribution is 0.478. The minimum atomic E-state index is 0.672. The van der Waals surface area contributed by atoms with Crippen LogP contribution in [0.1, 0.15) is 0 Å². The third-order valence-electron chi connectivity index (χ3n) is 2.38. The molecule has 3 rings (SSSR count). The van der Waals surface area contributed by atoms with Crippen LogP contribution in [0.4, 0.5) is 0 Å². The normalized spacial score (nSPS) is 10.2. The molecule has 0 aromatic carbocycles. The molecule has 0 fully saturated rings. The van der Waals surface area contributed by atoms with Crippen LogP contribution >= 0.6 is 0 Å². The quantitative estimate of drug-likeness (QED) is 0.761. The first kappa shape index (κ1) is 10.5. The maximum atomic E-state index is 5.60. The number of aromatic amines is 1. The minimum Gasteiger partial charge on any atom is -0.454 e. The Morgan fingerprint density at radius 1 is 0.944 bits per heavy atom. The zero-order valence-electron chi connectivity index (χ0n) is 9.45. The standard InChI is InChI=1S/C13H10N4O/c1-2-10(8-14-6-1)18-11-3-4-12(15-9-11)13-5-7-16-17-13/h1-9H,(H,16,17). The van der Waals surface area contributed by atoms with Crippen molar-refractivity contribution in [1.82, 2.24) is 20.2 Å². The summed E-state index contributed by atoms with van der Waals surface area (Å²) in [5, 5.41) is 6.74. The van der Waals surface area contributed by atoms with Gasteiger partial charge in [-0.25, -0.2) is 0 Å². The number of hydrogen-bond acceptors (Lipinski definition) is 4. The lowest BCUT2D eigenvalue weighted by atomic mass is 10.3. The van der Waals surface area contributed by atoms with Crippen LogP contribution < -0.4 is 4.74 Å². The summed E-state index contributed by atoms with van der Waals surface area (Å²) < 4.78 is 5.60. The molecular formula is C13H10N4O. The number of nitrogens with one attached hydrogen (secondary N) is 1. The van der Waals surface area contributed by atoms with Gasteiger partial charge in [0.05, 0.1) is 23.8 Å². The SMILES string of the molecule is c1cncc(Oc2ccc(-c3ccn[nH]3)nc2)c1. The van der Waals surface area contributed by atoms with Gasteiger partial charge in [-0.3, -0.25) is 15.1 Å². The third-order valence-corrected chi connectivity index (χ3v) is 2.38.